The van der Waals surface area contributed by atoms with Crippen molar-refractivity contribution in [3.63, 3.8) is 0 Å². The molecule has 1 unspecified atom stereocenters. The van der Waals surface area contributed by atoms with Gasteiger partial charge in [0.15, 0.2) is 0 Å². The van der Waals surface area contributed by atoms with Gasteiger partial charge in [0.1, 0.15) is 0 Å². The lowest BCUT2D eigenvalue weighted by molar-refractivity contribution is -0.00768. The van der Waals surface area contributed by atoms with Gasteiger partial charge in [-0.2, -0.15) is 0 Å². The minimum absolute atomic E-state index is 0.0836. The fourth-order valence-corrected chi connectivity index (χ4v) is 3.26. The first-order chi connectivity index (χ1) is 10.2. The summed E-state index contributed by atoms with van der Waals surface area (Å²) in [4.78, 5) is 0. The summed E-state index contributed by atoms with van der Waals surface area (Å²) in [6.45, 7) is 4.08. The topological polar surface area (TPSA) is 30.5 Å². The maximum Gasteiger partial charge on any atom is 0.0624 e. The fraction of sp³-hybridized carbons (Fsp3) is 0.625. The van der Waals surface area contributed by atoms with Crippen LogP contribution in [0.5, 0.6) is 0 Å². The molecule has 118 valence electrons. The molecular formula is C16H23Cl2NO2. The van der Waals surface area contributed by atoms with Crippen LogP contribution in [-0.2, 0) is 15.9 Å². The van der Waals surface area contributed by atoms with E-state index in [1.54, 1.807) is 7.11 Å². The lowest BCUT2D eigenvalue weighted by Gasteiger charge is -2.38. The summed E-state index contributed by atoms with van der Waals surface area (Å²) in [5.74, 6) is 0. The van der Waals surface area contributed by atoms with Crippen molar-refractivity contribution in [1.29, 1.82) is 0 Å². The van der Waals surface area contributed by atoms with E-state index in [1.165, 1.54) is 0 Å². The molecule has 5 heteroatoms. The van der Waals surface area contributed by atoms with Crippen LogP contribution in [0.2, 0.25) is 10.0 Å². The maximum absolute atomic E-state index is 6.35. The summed E-state index contributed by atoms with van der Waals surface area (Å²) in [6.07, 6.45) is 3.10. The zero-order chi connectivity index (χ0) is 15.1. The maximum atomic E-state index is 6.35. The van der Waals surface area contributed by atoms with E-state index in [0.29, 0.717) is 10.0 Å². The fourth-order valence-electron chi connectivity index (χ4n) is 2.87. The Morgan fingerprint density at radius 3 is 2.95 bits per heavy atom. The van der Waals surface area contributed by atoms with Crippen molar-refractivity contribution in [2.45, 2.75) is 19.3 Å². The van der Waals surface area contributed by atoms with E-state index in [-0.39, 0.29) is 5.41 Å². The SMILES string of the molecule is COCCNCC1(Cc2cccc(Cl)c2Cl)CCCOC1. The van der Waals surface area contributed by atoms with Gasteiger partial charge in [-0.15, -0.1) is 0 Å². The van der Waals surface area contributed by atoms with Crippen molar-refractivity contribution in [3.05, 3.63) is 33.8 Å². The standard InChI is InChI=1S/C16H23Cl2NO2/c1-20-9-7-19-11-16(6-3-8-21-12-16)10-13-4-2-5-14(17)15(13)18/h2,4-5,19H,3,6-12H2,1H3. The molecule has 1 aliphatic rings. The first kappa shape index (κ1) is 17.0. The second-order valence-electron chi connectivity index (χ2n) is 5.72. The summed E-state index contributed by atoms with van der Waals surface area (Å²) >= 11 is 12.5. The first-order valence-corrected chi connectivity index (χ1v) is 8.13. The number of hydrogen-bond donors (Lipinski definition) is 1. The van der Waals surface area contributed by atoms with Crippen LogP contribution in [0.15, 0.2) is 18.2 Å². The van der Waals surface area contributed by atoms with Crippen LogP contribution < -0.4 is 5.32 Å². The Bertz CT molecular complexity index is 448. The molecule has 21 heavy (non-hydrogen) atoms. The zero-order valence-corrected chi connectivity index (χ0v) is 14.0. The van der Waals surface area contributed by atoms with E-state index in [4.69, 9.17) is 32.7 Å². The molecule has 0 amide bonds. The summed E-state index contributed by atoms with van der Waals surface area (Å²) in [5.41, 5.74) is 1.18. The zero-order valence-electron chi connectivity index (χ0n) is 12.5. The average molecular weight is 332 g/mol. The Hall–Kier alpha value is -0.320. The van der Waals surface area contributed by atoms with Gasteiger partial charge in [0.05, 0.1) is 23.3 Å². The highest BCUT2D eigenvalue weighted by Crippen LogP contribution is 2.36. The first-order valence-electron chi connectivity index (χ1n) is 7.37. The van der Waals surface area contributed by atoms with Gasteiger partial charge in [0.25, 0.3) is 0 Å². The number of nitrogens with one attached hydrogen (secondary N) is 1. The van der Waals surface area contributed by atoms with Gasteiger partial charge < -0.3 is 14.8 Å². The highest BCUT2D eigenvalue weighted by molar-refractivity contribution is 6.42. The molecule has 1 N–H and O–H groups in total. The van der Waals surface area contributed by atoms with Crippen LogP contribution in [0, 0.1) is 5.41 Å². The summed E-state index contributed by atoms with van der Waals surface area (Å²) in [6, 6.07) is 5.84. The van der Waals surface area contributed by atoms with Crippen molar-refractivity contribution >= 4 is 23.2 Å². The van der Waals surface area contributed by atoms with E-state index in [2.05, 4.69) is 11.4 Å². The highest BCUT2D eigenvalue weighted by atomic mass is 35.5. The molecule has 1 aromatic carbocycles. The molecule has 3 nitrogen and oxygen atoms in total. The summed E-state index contributed by atoms with van der Waals surface area (Å²) < 4.78 is 10.8. The van der Waals surface area contributed by atoms with Gasteiger partial charge in [-0.1, -0.05) is 35.3 Å². The van der Waals surface area contributed by atoms with Crippen molar-refractivity contribution in [2.75, 3.05) is 40.0 Å². The summed E-state index contributed by atoms with van der Waals surface area (Å²) in [5, 5.41) is 4.76. The van der Waals surface area contributed by atoms with E-state index in [9.17, 15) is 0 Å². The predicted molar refractivity (Wildman–Crippen MR) is 87.4 cm³/mol. The third-order valence-electron chi connectivity index (χ3n) is 3.98. The molecule has 0 bridgehead atoms. The molecule has 1 fully saturated rings. The van der Waals surface area contributed by atoms with Crippen LogP contribution in [0.3, 0.4) is 0 Å². The van der Waals surface area contributed by atoms with E-state index in [1.807, 2.05) is 12.1 Å². The Morgan fingerprint density at radius 2 is 2.24 bits per heavy atom. The lowest BCUT2D eigenvalue weighted by Crippen LogP contribution is -2.43. The molecule has 1 aliphatic heterocycles. The van der Waals surface area contributed by atoms with Crippen molar-refractivity contribution in [1.82, 2.24) is 5.32 Å². The van der Waals surface area contributed by atoms with Crippen LogP contribution in [0.25, 0.3) is 0 Å². The van der Waals surface area contributed by atoms with Gasteiger partial charge >= 0.3 is 0 Å². The number of hydrogen-bond acceptors (Lipinski definition) is 3. The van der Waals surface area contributed by atoms with Crippen LogP contribution >= 0.6 is 23.2 Å². The molecule has 0 spiro atoms. The van der Waals surface area contributed by atoms with Gasteiger partial charge in [0, 0.05) is 32.2 Å². The molecule has 0 radical (unpaired) electrons. The minimum Gasteiger partial charge on any atom is -0.383 e. The predicted octanol–water partition coefficient (Wildman–Crippen LogP) is 3.57. The summed E-state index contributed by atoms with van der Waals surface area (Å²) in [7, 11) is 1.72. The van der Waals surface area contributed by atoms with E-state index < -0.39 is 0 Å². The van der Waals surface area contributed by atoms with Crippen LogP contribution in [0.4, 0.5) is 0 Å². The largest absolute Gasteiger partial charge is 0.383 e. The Labute approximate surface area is 136 Å². The molecule has 1 aromatic rings. The van der Waals surface area contributed by atoms with E-state index >= 15 is 0 Å². The van der Waals surface area contributed by atoms with Gasteiger partial charge in [-0.05, 0) is 30.9 Å². The molecule has 1 heterocycles. The van der Waals surface area contributed by atoms with Gasteiger partial charge in [0.2, 0.25) is 0 Å². The lowest BCUT2D eigenvalue weighted by atomic mass is 9.77. The molecule has 2 rings (SSSR count). The van der Waals surface area contributed by atoms with E-state index in [0.717, 1.165) is 57.7 Å². The Morgan fingerprint density at radius 1 is 1.38 bits per heavy atom. The monoisotopic (exact) mass is 331 g/mol. The number of methoxy groups -OCH3 is 1. The number of benzene rings is 1. The molecule has 0 saturated carbocycles. The highest BCUT2D eigenvalue weighted by Gasteiger charge is 2.33. The van der Waals surface area contributed by atoms with Crippen molar-refractivity contribution in [2.24, 2.45) is 5.41 Å². The van der Waals surface area contributed by atoms with Gasteiger partial charge in [-0.3, -0.25) is 0 Å². The Balaban J connectivity index is 2.06. The quantitative estimate of drug-likeness (QED) is 0.775. The third-order valence-corrected chi connectivity index (χ3v) is 4.84. The minimum atomic E-state index is 0.0836. The molecular weight excluding hydrogens is 309 g/mol. The van der Waals surface area contributed by atoms with Gasteiger partial charge in [-0.25, -0.2) is 0 Å². The normalized spacial score (nSPS) is 22.4. The second-order valence-corrected chi connectivity index (χ2v) is 6.50. The number of ether oxygens (including phenoxy) is 2. The number of halogens is 2. The molecule has 0 aliphatic carbocycles. The molecule has 0 aromatic heterocycles. The average Bonchev–Trinajstić information content (AvgIpc) is 2.50. The second kappa shape index (κ2) is 8.35. The van der Waals surface area contributed by atoms with Crippen LogP contribution in [-0.4, -0.2) is 40.0 Å². The smallest absolute Gasteiger partial charge is 0.0624 e. The van der Waals surface area contributed by atoms with Crippen molar-refractivity contribution in [3.8, 4) is 0 Å². The third kappa shape index (κ3) is 4.83. The van der Waals surface area contributed by atoms with Crippen molar-refractivity contribution < 1.29 is 9.47 Å². The molecule has 1 saturated heterocycles. The van der Waals surface area contributed by atoms with Crippen LogP contribution in [0.1, 0.15) is 18.4 Å². The Kier molecular flexibility index (Phi) is 6.77. The molecule has 1 atom stereocenters. The number of rotatable bonds is 7.